The molecule has 24 heavy (non-hydrogen) atoms. The SMILES string of the molecule is CC(C#N)CNC(=O)Nc1cccc(OCCN2CCCCC2)c1. The van der Waals surface area contributed by atoms with E-state index in [-0.39, 0.29) is 11.9 Å². The van der Waals surface area contributed by atoms with E-state index in [1.165, 1.54) is 19.3 Å². The Morgan fingerprint density at radius 3 is 2.92 bits per heavy atom. The number of piperidine rings is 1. The van der Waals surface area contributed by atoms with E-state index in [2.05, 4.69) is 21.6 Å². The molecule has 1 saturated heterocycles. The van der Waals surface area contributed by atoms with Gasteiger partial charge in [-0.1, -0.05) is 12.5 Å². The molecule has 2 amide bonds. The minimum absolute atomic E-state index is 0.208. The highest BCUT2D eigenvalue weighted by Gasteiger charge is 2.10. The van der Waals surface area contributed by atoms with Gasteiger partial charge in [-0.3, -0.25) is 4.90 Å². The zero-order valence-electron chi connectivity index (χ0n) is 14.3. The molecule has 6 nitrogen and oxygen atoms in total. The molecule has 0 radical (unpaired) electrons. The number of anilines is 1. The van der Waals surface area contributed by atoms with Crippen molar-refractivity contribution < 1.29 is 9.53 Å². The van der Waals surface area contributed by atoms with Crippen LogP contribution in [0.4, 0.5) is 10.5 Å². The van der Waals surface area contributed by atoms with E-state index >= 15 is 0 Å². The van der Waals surface area contributed by atoms with Gasteiger partial charge in [0.05, 0.1) is 12.0 Å². The van der Waals surface area contributed by atoms with Crippen LogP contribution < -0.4 is 15.4 Å². The highest BCUT2D eigenvalue weighted by atomic mass is 16.5. The van der Waals surface area contributed by atoms with Crippen LogP contribution in [0.15, 0.2) is 24.3 Å². The summed E-state index contributed by atoms with van der Waals surface area (Å²) in [5, 5.41) is 14.1. The zero-order chi connectivity index (χ0) is 17.2. The largest absolute Gasteiger partial charge is 0.492 e. The Balaban J connectivity index is 1.74. The monoisotopic (exact) mass is 330 g/mol. The van der Waals surface area contributed by atoms with Crippen LogP contribution in [-0.2, 0) is 0 Å². The minimum atomic E-state index is -0.317. The van der Waals surface area contributed by atoms with E-state index in [1.54, 1.807) is 6.92 Å². The van der Waals surface area contributed by atoms with Gasteiger partial charge in [0.25, 0.3) is 0 Å². The number of ether oxygens (including phenoxy) is 1. The number of rotatable bonds is 7. The number of nitriles is 1. The fourth-order valence-corrected chi connectivity index (χ4v) is 2.61. The number of hydrogen-bond acceptors (Lipinski definition) is 4. The normalized spacial score (nSPS) is 16.0. The van der Waals surface area contributed by atoms with E-state index in [9.17, 15) is 4.79 Å². The van der Waals surface area contributed by atoms with Crippen LogP contribution in [0, 0.1) is 17.2 Å². The maximum absolute atomic E-state index is 11.8. The van der Waals surface area contributed by atoms with Gasteiger partial charge in [-0.25, -0.2) is 4.79 Å². The molecule has 130 valence electrons. The number of benzene rings is 1. The van der Waals surface area contributed by atoms with Gasteiger partial charge in [0.15, 0.2) is 0 Å². The summed E-state index contributed by atoms with van der Waals surface area (Å²) in [7, 11) is 0. The van der Waals surface area contributed by atoms with Gasteiger partial charge in [0.1, 0.15) is 12.4 Å². The molecular formula is C18H26N4O2. The highest BCUT2D eigenvalue weighted by molar-refractivity contribution is 5.89. The number of nitrogens with one attached hydrogen (secondary N) is 2. The Bertz CT molecular complexity index is 564. The molecule has 2 N–H and O–H groups in total. The number of nitrogens with zero attached hydrogens (tertiary/aromatic N) is 2. The molecule has 6 heteroatoms. The third-order valence-electron chi connectivity index (χ3n) is 4.01. The van der Waals surface area contributed by atoms with Crippen molar-refractivity contribution in [1.29, 1.82) is 5.26 Å². The van der Waals surface area contributed by atoms with Crippen molar-refractivity contribution in [2.45, 2.75) is 26.2 Å². The molecular weight excluding hydrogens is 304 g/mol. The fourth-order valence-electron chi connectivity index (χ4n) is 2.61. The number of hydrogen-bond donors (Lipinski definition) is 2. The summed E-state index contributed by atoms with van der Waals surface area (Å²) < 4.78 is 5.79. The van der Waals surface area contributed by atoms with Gasteiger partial charge in [-0.2, -0.15) is 5.26 Å². The lowest BCUT2D eigenvalue weighted by atomic mass is 10.1. The fraction of sp³-hybridized carbons (Fsp3) is 0.556. The minimum Gasteiger partial charge on any atom is -0.492 e. The predicted octanol–water partition coefficient (Wildman–Crippen LogP) is 2.83. The van der Waals surface area contributed by atoms with Gasteiger partial charge in [0, 0.05) is 24.8 Å². The Morgan fingerprint density at radius 2 is 2.17 bits per heavy atom. The molecule has 1 aliphatic heterocycles. The standard InChI is InChI=1S/C18H26N4O2/c1-15(13-19)14-20-18(23)21-16-6-5-7-17(12-16)24-11-10-22-8-3-2-4-9-22/h5-7,12,15H,2-4,8-11,14H2,1H3,(H2,20,21,23). The maximum Gasteiger partial charge on any atom is 0.319 e. The average molecular weight is 330 g/mol. The van der Waals surface area contributed by atoms with Crippen molar-refractivity contribution in [3.8, 4) is 11.8 Å². The summed E-state index contributed by atoms with van der Waals surface area (Å²) in [4.78, 5) is 14.2. The summed E-state index contributed by atoms with van der Waals surface area (Å²) in [5.74, 6) is 0.537. The van der Waals surface area contributed by atoms with Gasteiger partial charge >= 0.3 is 6.03 Å². The van der Waals surface area contributed by atoms with Crippen LogP contribution in [0.3, 0.4) is 0 Å². The number of carbonyl (C=O) groups is 1. The summed E-state index contributed by atoms with van der Waals surface area (Å²) in [5.41, 5.74) is 0.674. The van der Waals surface area contributed by atoms with Crippen molar-refractivity contribution in [2.75, 3.05) is 38.1 Å². The van der Waals surface area contributed by atoms with Gasteiger partial charge in [-0.05, 0) is 45.0 Å². The van der Waals surface area contributed by atoms with Gasteiger partial charge in [0.2, 0.25) is 0 Å². The Labute approximate surface area is 143 Å². The second kappa shape index (κ2) is 9.78. The summed E-state index contributed by atoms with van der Waals surface area (Å²) >= 11 is 0. The smallest absolute Gasteiger partial charge is 0.319 e. The van der Waals surface area contributed by atoms with Gasteiger partial charge in [-0.15, -0.1) is 0 Å². The van der Waals surface area contributed by atoms with Crippen LogP contribution >= 0.6 is 0 Å². The van der Waals surface area contributed by atoms with E-state index in [1.807, 2.05) is 24.3 Å². The predicted molar refractivity (Wildman–Crippen MR) is 94.0 cm³/mol. The van der Waals surface area contributed by atoms with Gasteiger partial charge < -0.3 is 15.4 Å². The Hall–Kier alpha value is -2.26. The lowest BCUT2D eigenvalue weighted by Crippen LogP contribution is -2.33. The summed E-state index contributed by atoms with van der Waals surface area (Å²) in [6.45, 7) is 5.99. The van der Waals surface area contributed by atoms with Crippen molar-refractivity contribution in [1.82, 2.24) is 10.2 Å². The average Bonchev–Trinajstić information content (AvgIpc) is 2.61. The first-order valence-electron chi connectivity index (χ1n) is 8.57. The molecule has 0 aromatic heterocycles. The molecule has 1 aromatic rings. The zero-order valence-corrected chi connectivity index (χ0v) is 14.3. The van der Waals surface area contributed by atoms with Crippen LogP contribution in [0.5, 0.6) is 5.75 Å². The number of carbonyl (C=O) groups excluding carboxylic acids is 1. The second-order valence-corrected chi connectivity index (χ2v) is 6.14. The summed E-state index contributed by atoms with van der Waals surface area (Å²) in [6.07, 6.45) is 3.89. The van der Waals surface area contributed by atoms with Crippen molar-refractivity contribution in [3.05, 3.63) is 24.3 Å². The molecule has 0 spiro atoms. The highest BCUT2D eigenvalue weighted by Crippen LogP contribution is 2.17. The van der Waals surface area contributed by atoms with E-state index in [0.29, 0.717) is 18.8 Å². The Kier molecular flexibility index (Phi) is 7.37. The molecule has 0 bridgehead atoms. The van der Waals surface area contributed by atoms with Crippen LogP contribution in [0.1, 0.15) is 26.2 Å². The molecule has 0 aliphatic carbocycles. The second-order valence-electron chi connectivity index (χ2n) is 6.14. The third kappa shape index (κ3) is 6.47. The topological polar surface area (TPSA) is 77.4 Å². The van der Waals surface area contributed by atoms with Crippen LogP contribution in [0.25, 0.3) is 0 Å². The quantitative estimate of drug-likeness (QED) is 0.806. The van der Waals surface area contributed by atoms with Crippen molar-refractivity contribution >= 4 is 11.7 Å². The molecule has 1 unspecified atom stereocenters. The number of urea groups is 1. The molecule has 1 atom stereocenters. The van der Waals surface area contributed by atoms with Crippen molar-refractivity contribution in [3.63, 3.8) is 0 Å². The first kappa shape index (κ1) is 18.1. The molecule has 1 aliphatic rings. The first-order chi connectivity index (χ1) is 11.7. The van der Waals surface area contributed by atoms with E-state index in [0.717, 1.165) is 25.4 Å². The molecule has 1 heterocycles. The van der Waals surface area contributed by atoms with E-state index < -0.39 is 0 Å². The Morgan fingerprint density at radius 1 is 1.38 bits per heavy atom. The molecule has 1 aromatic carbocycles. The lowest BCUT2D eigenvalue weighted by molar-refractivity contribution is 0.183. The maximum atomic E-state index is 11.8. The van der Waals surface area contributed by atoms with Crippen molar-refractivity contribution in [2.24, 2.45) is 5.92 Å². The van der Waals surface area contributed by atoms with E-state index in [4.69, 9.17) is 10.00 Å². The van der Waals surface area contributed by atoms with Crippen LogP contribution in [-0.4, -0.2) is 43.7 Å². The summed E-state index contributed by atoms with van der Waals surface area (Å²) in [6, 6.07) is 9.12. The van der Waals surface area contributed by atoms with Crippen LogP contribution in [0.2, 0.25) is 0 Å². The third-order valence-corrected chi connectivity index (χ3v) is 4.01. The molecule has 1 fully saturated rings. The lowest BCUT2D eigenvalue weighted by Gasteiger charge is -2.26. The molecule has 2 rings (SSSR count). The number of likely N-dealkylation sites (tertiary alicyclic amines) is 1. The molecule has 0 saturated carbocycles. The number of amides is 2. The first-order valence-corrected chi connectivity index (χ1v) is 8.57.